The van der Waals surface area contributed by atoms with Gasteiger partial charge < -0.3 is 11.5 Å². The molecule has 0 spiro atoms. The highest BCUT2D eigenvalue weighted by Gasteiger charge is 2.57. The van der Waals surface area contributed by atoms with Crippen molar-refractivity contribution in [3.05, 3.63) is 54.1 Å². The average Bonchev–Trinajstić information content (AvgIpc) is 3.40. The lowest BCUT2D eigenvalue weighted by molar-refractivity contribution is -0.131. The normalized spacial score (nSPS) is 23.5. The topological polar surface area (TPSA) is 84.7 Å². The molecule has 1 aliphatic carbocycles. The molecule has 4 rings (SSSR count). The van der Waals surface area contributed by atoms with Crippen molar-refractivity contribution in [3.8, 4) is 11.1 Å². The molecule has 122 valence electrons. The minimum Gasteiger partial charge on any atom is -0.399 e. The molecular weight excluding hydrogens is 300 g/mol. The van der Waals surface area contributed by atoms with Crippen LogP contribution in [0.2, 0.25) is 0 Å². The van der Waals surface area contributed by atoms with E-state index in [4.69, 9.17) is 11.5 Å². The zero-order valence-electron chi connectivity index (χ0n) is 13.6. The number of benzene rings is 2. The van der Waals surface area contributed by atoms with Gasteiger partial charge in [-0.1, -0.05) is 30.3 Å². The number of rotatable bonds is 3. The Morgan fingerprint density at radius 1 is 1.08 bits per heavy atom. The van der Waals surface area contributed by atoms with E-state index in [1.807, 2.05) is 48.5 Å². The van der Waals surface area contributed by atoms with Crippen LogP contribution in [0.1, 0.15) is 18.4 Å². The molecule has 4 N–H and O–H groups in total. The highest BCUT2D eigenvalue weighted by atomic mass is 16.2. The summed E-state index contributed by atoms with van der Waals surface area (Å²) in [6.45, 7) is 0. The summed E-state index contributed by atoms with van der Waals surface area (Å²) in [5, 5.41) is 0. The predicted octanol–water partition coefficient (Wildman–Crippen LogP) is 2.33. The van der Waals surface area contributed by atoms with E-state index < -0.39 is 5.54 Å². The number of carbonyl (C=O) groups is 1. The van der Waals surface area contributed by atoms with E-state index >= 15 is 0 Å². The average molecular weight is 320 g/mol. The Kier molecular flexibility index (Phi) is 3.13. The van der Waals surface area contributed by atoms with Crippen LogP contribution in [0.25, 0.3) is 11.1 Å². The second-order valence-corrected chi connectivity index (χ2v) is 6.58. The van der Waals surface area contributed by atoms with Crippen LogP contribution in [0.15, 0.2) is 53.5 Å². The molecule has 2 aromatic carbocycles. The Morgan fingerprint density at radius 2 is 1.75 bits per heavy atom. The van der Waals surface area contributed by atoms with Gasteiger partial charge in [0.05, 0.1) is 0 Å². The first kappa shape index (κ1) is 14.8. The lowest BCUT2D eigenvalue weighted by Gasteiger charge is -2.25. The summed E-state index contributed by atoms with van der Waals surface area (Å²) in [5.41, 5.74) is 14.7. The van der Waals surface area contributed by atoms with Crippen LogP contribution in [0.5, 0.6) is 0 Å². The van der Waals surface area contributed by atoms with E-state index in [1.165, 1.54) is 4.90 Å². The number of likely N-dealkylation sites (N-methyl/N-ethyl adjacent to an activating group) is 1. The number of carbonyl (C=O) groups excluding carboxylic acids is 1. The third-order valence-electron chi connectivity index (χ3n) is 4.96. The number of hydrogen-bond acceptors (Lipinski definition) is 4. The number of aliphatic imine (C=N–C) groups is 1. The molecule has 1 atom stereocenters. The van der Waals surface area contributed by atoms with Gasteiger partial charge in [0.1, 0.15) is 0 Å². The van der Waals surface area contributed by atoms with Crippen LogP contribution in [-0.2, 0) is 10.3 Å². The largest absolute Gasteiger partial charge is 0.399 e. The maximum atomic E-state index is 12.9. The summed E-state index contributed by atoms with van der Waals surface area (Å²) >= 11 is 0. The Balaban J connectivity index is 1.84. The van der Waals surface area contributed by atoms with Crippen molar-refractivity contribution in [1.82, 2.24) is 4.90 Å². The number of amides is 1. The molecule has 0 radical (unpaired) electrons. The Hall–Kier alpha value is -2.82. The van der Waals surface area contributed by atoms with Crippen molar-refractivity contribution in [1.29, 1.82) is 0 Å². The number of hydrogen-bond donors (Lipinski definition) is 2. The van der Waals surface area contributed by atoms with Gasteiger partial charge in [-0.3, -0.25) is 9.69 Å². The minimum absolute atomic E-state index is 0.0350. The highest BCUT2D eigenvalue weighted by molar-refractivity contribution is 6.07. The molecular formula is C19H20N4O. The van der Waals surface area contributed by atoms with Crippen LogP contribution in [-0.4, -0.2) is 23.8 Å². The van der Waals surface area contributed by atoms with E-state index in [2.05, 4.69) is 4.99 Å². The standard InChI is InChI=1S/C19H20N4O/c1-23-17(24)19(14-8-9-14,22-18(23)21)15-6-2-4-12(10-15)13-5-3-7-16(20)11-13/h2-7,10-11,14H,8-9,20H2,1H3,(H2,21,22). The molecule has 1 saturated carbocycles. The molecule has 2 aromatic rings. The monoisotopic (exact) mass is 320 g/mol. The van der Waals surface area contributed by atoms with Crippen LogP contribution in [0, 0.1) is 5.92 Å². The summed E-state index contributed by atoms with van der Waals surface area (Å²) in [6.07, 6.45) is 2.00. The first-order chi connectivity index (χ1) is 11.5. The maximum Gasteiger partial charge on any atom is 0.261 e. The second-order valence-electron chi connectivity index (χ2n) is 6.58. The molecule has 5 heteroatoms. The highest BCUT2D eigenvalue weighted by Crippen LogP contribution is 2.51. The van der Waals surface area contributed by atoms with Crippen molar-refractivity contribution in [2.75, 3.05) is 12.8 Å². The number of nitrogens with zero attached hydrogens (tertiary/aromatic N) is 2. The summed E-state index contributed by atoms with van der Waals surface area (Å²) in [4.78, 5) is 19.0. The van der Waals surface area contributed by atoms with Crippen LogP contribution < -0.4 is 11.5 Å². The molecule has 1 aliphatic heterocycles. The van der Waals surface area contributed by atoms with Gasteiger partial charge in [-0.05, 0) is 53.6 Å². The molecule has 0 bridgehead atoms. The fourth-order valence-electron chi connectivity index (χ4n) is 3.51. The van der Waals surface area contributed by atoms with Gasteiger partial charge in [-0.15, -0.1) is 0 Å². The van der Waals surface area contributed by atoms with Crippen LogP contribution in [0.4, 0.5) is 5.69 Å². The summed E-state index contributed by atoms with van der Waals surface area (Å²) in [6, 6.07) is 15.7. The van der Waals surface area contributed by atoms with E-state index in [0.29, 0.717) is 11.6 Å². The molecule has 1 amide bonds. The summed E-state index contributed by atoms with van der Waals surface area (Å²) in [7, 11) is 1.69. The molecule has 0 saturated heterocycles. The fraction of sp³-hybridized carbons (Fsp3) is 0.263. The predicted molar refractivity (Wildman–Crippen MR) is 95.1 cm³/mol. The second kappa shape index (κ2) is 5.09. The van der Waals surface area contributed by atoms with Crippen molar-refractivity contribution in [2.24, 2.45) is 16.6 Å². The van der Waals surface area contributed by atoms with Crippen molar-refractivity contribution >= 4 is 17.6 Å². The van der Waals surface area contributed by atoms with E-state index in [0.717, 1.165) is 29.5 Å². The SMILES string of the molecule is CN1C(=O)C(c2cccc(-c3cccc(N)c3)c2)(C2CC2)N=C1N. The number of anilines is 1. The maximum absolute atomic E-state index is 12.9. The Labute approximate surface area is 141 Å². The molecule has 24 heavy (non-hydrogen) atoms. The van der Waals surface area contributed by atoms with E-state index in [-0.39, 0.29) is 11.8 Å². The smallest absolute Gasteiger partial charge is 0.261 e. The van der Waals surface area contributed by atoms with Gasteiger partial charge >= 0.3 is 0 Å². The molecule has 1 unspecified atom stereocenters. The zero-order valence-corrected chi connectivity index (χ0v) is 13.6. The molecule has 1 fully saturated rings. The van der Waals surface area contributed by atoms with Gasteiger partial charge in [0.2, 0.25) is 0 Å². The Morgan fingerprint density at radius 3 is 2.33 bits per heavy atom. The van der Waals surface area contributed by atoms with E-state index in [9.17, 15) is 4.79 Å². The fourth-order valence-corrected chi connectivity index (χ4v) is 3.51. The lowest BCUT2D eigenvalue weighted by atomic mass is 9.83. The quantitative estimate of drug-likeness (QED) is 0.851. The van der Waals surface area contributed by atoms with Crippen LogP contribution in [0.3, 0.4) is 0 Å². The first-order valence-electron chi connectivity index (χ1n) is 8.12. The van der Waals surface area contributed by atoms with Crippen LogP contribution >= 0.6 is 0 Å². The lowest BCUT2D eigenvalue weighted by Crippen LogP contribution is -2.41. The third-order valence-corrected chi connectivity index (χ3v) is 4.96. The van der Waals surface area contributed by atoms with Gasteiger partial charge in [0.15, 0.2) is 11.5 Å². The Bertz CT molecular complexity index is 856. The van der Waals surface area contributed by atoms with Crippen molar-refractivity contribution in [3.63, 3.8) is 0 Å². The summed E-state index contributed by atoms with van der Waals surface area (Å²) in [5.74, 6) is 0.484. The van der Waals surface area contributed by atoms with Gasteiger partial charge in [-0.2, -0.15) is 0 Å². The zero-order chi connectivity index (χ0) is 16.9. The van der Waals surface area contributed by atoms with Crippen molar-refractivity contribution in [2.45, 2.75) is 18.4 Å². The molecule has 0 aromatic heterocycles. The number of nitrogen functional groups attached to an aromatic ring is 1. The van der Waals surface area contributed by atoms with Crippen molar-refractivity contribution < 1.29 is 4.79 Å². The van der Waals surface area contributed by atoms with Gasteiger partial charge in [0, 0.05) is 12.7 Å². The van der Waals surface area contributed by atoms with E-state index in [1.54, 1.807) is 7.05 Å². The molecule has 2 aliphatic rings. The molecule has 1 heterocycles. The number of guanidine groups is 1. The van der Waals surface area contributed by atoms with Gasteiger partial charge in [-0.25, -0.2) is 4.99 Å². The first-order valence-corrected chi connectivity index (χ1v) is 8.12. The minimum atomic E-state index is -0.866. The summed E-state index contributed by atoms with van der Waals surface area (Å²) < 4.78 is 0. The molecule has 5 nitrogen and oxygen atoms in total. The number of nitrogens with two attached hydrogens (primary N) is 2. The van der Waals surface area contributed by atoms with Gasteiger partial charge in [0.25, 0.3) is 5.91 Å². The third kappa shape index (κ3) is 2.08.